The van der Waals surface area contributed by atoms with Crippen molar-refractivity contribution in [1.82, 2.24) is 0 Å². The number of anilines is 1. The van der Waals surface area contributed by atoms with Gasteiger partial charge in [-0.3, -0.25) is 0 Å². The van der Waals surface area contributed by atoms with Gasteiger partial charge in [0.15, 0.2) is 0 Å². The van der Waals surface area contributed by atoms with Gasteiger partial charge >= 0.3 is 5.97 Å². The Hall–Kier alpha value is -2.01. The molecule has 0 bridgehead atoms. The van der Waals surface area contributed by atoms with E-state index >= 15 is 0 Å². The molecule has 0 spiro atoms. The number of benzene rings is 1. The molecule has 1 aromatic carbocycles. The maximum Gasteiger partial charge on any atom is 0.337 e. The highest BCUT2D eigenvalue weighted by Gasteiger charge is 2.19. The first-order valence-electron chi connectivity index (χ1n) is 6.69. The van der Waals surface area contributed by atoms with E-state index in [0.29, 0.717) is 11.4 Å². The van der Waals surface area contributed by atoms with Crippen molar-refractivity contribution >= 4 is 23.0 Å². The zero-order valence-corrected chi connectivity index (χ0v) is 13.2. The zero-order chi connectivity index (χ0) is 15.4. The van der Waals surface area contributed by atoms with Crippen LogP contribution < -0.4 is 9.64 Å². The third-order valence-corrected chi connectivity index (χ3v) is 4.45. The van der Waals surface area contributed by atoms with E-state index in [9.17, 15) is 9.90 Å². The predicted molar refractivity (Wildman–Crippen MR) is 85.8 cm³/mol. The van der Waals surface area contributed by atoms with Crippen LogP contribution in [0.25, 0.3) is 0 Å². The van der Waals surface area contributed by atoms with Crippen molar-refractivity contribution in [3.8, 4) is 5.75 Å². The molecule has 0 aliphatic carbocycles. The van der Waals surface area contributed by atoms with Crippen molar-refractivity contribution in [1.29, 1.82) is 0 Å². The Bertz CT molecular complexity index is 610. The molecule has 2 aromatic rings. The minimum Gasteiger partial charge on any atom is -0.497 e. The van der Waals surface area contributed by atoms with Crippen molar-refractivity contribution in [2.75, 3.05) is 19.1 Å². The number of hydrogen-bond donors (Lipinski definition) is 1. The van der Waals surface area contributed by atoms with Crippen molar-refractivity contribution in [2.24, 2.45) is 0 Å². The average Bonchev–Trinajstić information content (AvgIpc) is 2.98. The molecule has 5 heteroatoms. The summed E-state index contributed by atoms with van der Waals surface area (Å²) in [7, 11) is 3.49. The smallest absolute Gasteiger partial charge is 0.337 e. The lowest BCUT2D eigenvalue weighted by Crippen LogP contribution is -2.31. The van der Waals surface area contributed by atoms with Crippen molar-refractivity contribution in [3.63, 3.8) is 0 Å². The molecule has 21 heavy (non-hydrogen) atoms. The average molecular weight is 305 g/mol. The van der Waals surface area contributed by atoms with Crippen LogP contribution in [0.15, 0.2) is 35.7 Å². The summed E-state index contributed by atoms with van der Waals surface area (Å²) >= 11 is 1.71. The van der Waals surface area contributed by atoms with E-state index in [2.05, 4.69) is 18.4 Å². The fourth-order valence-electron chi connectivity index (χ4n) is 2.21. The van der Waals surface area contributed by atoms with Gasteiger partial charge in [0.25, 0.3) is 0 Å². The van der Waals surface area contributed by atoms with E-state index in [1.807, 2.05) is 18.0 Å². The van der Waals surface area contributed by atoms with Gasteiger partial charge in [0.1, 0.15) is 5.75 Å². The Balaban J connectivity index is 2.27. The van der Waals surface area contributed by atoms with Crippen LogP contribution in [0.3, 0.4) is 0 Å². The molecule has 0 saturated carbocycles. The van der Waals surface area contributed by atoms with E-state index in [1.54, 1.807) is 36.6 Å². The highest BCUT2D eigenvalue weighted by molar-refractivity contribution is 7.09. The molecule has 0 fully saturated rings. The number of ether oxygens (including phenoxy) is 1. The lowest BCUT2D eigenvalue weighted by atomic mass is 10.1. The van der Waals surface area contributed by atoms with Gasteiger partial charge in [0, 0.05) is 30.5 Å². The summed E-state index contributed by atoms with van der Waals surface area (Å²) in [5.74, 6) is -0.270. The fourth-order valence-corrected chi connectivity index (χ4v) is 3.03. The van der Waals surface area contributed by atoms with E-state index in [4.69, 9.17) is 4.74 Å². The SMILES string of the molecule is COc1ccc(C(=O)O)c(N(C)C(C)Cc2cccs2)c1. The van der Waals surface area contributed by atoms with Crippen LogP contribution in [0.2, 0.25) is 0 Å². The number of hydrogen-bond acceptors (Lipinski definition) is 4. The summed E-state index contributed by atoms with van der Waals surface area (Å²) < 4.78 is 5.21. The Morgan fingerprint density at radius 1 is 1.43 bits per heavy atom. The molecule has 1 N–H and O–H groups in total. The monoisotopic (exact) mass is 305 g/mol. The second-order valence-corrected chi connectivity index (χ2v) is 5.96. The predicted octanol–water partition coefficient (Wildman–Crippen LogP) is 3.52. The van der Waals surface area contributed by atoms with Crippen LogP contribution in [0.4, 0.5) is 5.69 Å². The maximum absolute atomic E-state index is 11.4. The molecule has 1 heterocycles. The molecular formula is C16H19NO3S. The number of thiophene rings is 1. The summed E-state index contributed by atoms with van der Waals surface area (Å²) in [6.45, 7) is 2.09. The molecule has 112 valence electrons. The summed E-state index contributed by atoms with van der Waals surface area (Å²) in [5, 5.41) is 11.4. The fraction of sp³-hybridized carbons (Fsp3) is 0.312. The van der Waals surface area contributed by atoms with Crippen molar-refractivity contribution in [3.05, 3.63) is 46.2 Å². The third-order valence-electron chi connectivity index (χ3n) is 3.55. The zero-order valence-electron chi connectivity index (χ0n) is 12.4. The molecular weight excluding hydrogens is 286 g/mol. The molecule has 0 radical (unpaired) electrons. The molecule has 1 aromatic heterocycles. The van der Waals surface area contributed by atoms with Gasteiger partial charge in [-0.25, -0.2) is 4.79 Å². The van der Waals surface area contributed by atoms with Gasteiger partial charge in [-0.05, 0) is 30.5 Å². The normalized spacial score (nSPS) is 12.0. The molecule has 0 aliphatic heterocycles. The first-order valence-corrected chi connectivity index (χ1v) is 7.57. The Kier molecular flexibility index (Phi) is 4.85. The molecule has 0 amide bonds. The standard InChI is InChI=1S/C16H19NO3S/c1-11(9-13-5-4-8-21-13)17(2)15-10-12(20-3)6-7-14(15)16(18)19/h4-8,10-11H,9H2,1-3H3,(H,18,19). The number of carboxylic acid groups (broad SMARTS) is 1. The van der Waals surface area contributed by atoms with Crippen LogP contribution in [-0.4, -0.2) is 31.3 Å². The number of likely N-dealkylation sites (N-methyl/N-ethyl adjacent to an activating group) is 1. The number of rotatable bonds is 6. The first-order chi connectivity index (χ1) is 10.0. The van der Waals surface area contributed by atoms with Gasteiger partial charge in [-0.2, -0.15) is 0 Å². The first kappa shape index (κ1) is 15.4. The van der Waals surface area contributed by atoms with E-state index in [-0.39, 0.29) is 11.6 Å². The summed E-state index contributed by atoms with van der Waals surface area (Å²) in [4.78, 5) is 14.7. The quantitative estimate of drug-likeness (QED) is 0.887. The number of methoxy groups -OCH3 is 1. The van der Waals surface area contributed by atoms with Crippen molar-refractivity contribution in [2.45, 2.75) is 19.4 Å². The molecule has 2 rings (SSSR count). The Morgan fingerprint density at radius 2 is 2.19 bits per heavy atom. The Labute approximate surface area is 128 Å². The van der Waals surface area contributed by atoms with E-state index < -0.39 is 5.97 Å². The largest absolute Gasteiger partial charge is 0.497 e. The lowest BCUT2D eigenvalue weighted by molar-refractivity contribution is 0.0697. The van der Waals surface area contributed by atoms with Crippen molar-refractivity contribution < 1.29 is 14.6 Å². The molecule has 1 atom stereocenters. The van der Waals surface area contributed by atoms with Crippen LogP contribution in [-0.2, 0) is 6.42 Å². The molecule has 4 nitrogen and oxygen atoms in total. The summed E-state index contributed by atoms with van der Waals surface area (Å²) in [6, 6.07) is 9.35. The van der Waals surface area contributed by atoms with Crippen LogP contribution in [0.1, 0.15) is 22.2 Å². The van der Waals surface area contributed by atoms with Gasteiger partial charge in [0.05, 0.1) is 18.4 Å². The minimum absolute atomic E-state index is 0.189. The third kappa shape index (κ3) is 3.55. The summed E-state index contributed by atoms with van der Waals surface area (Å²) in [5.41, 5.74) is 0.960. The molecule has 0 saturated heterocycles. The van der Waals surface area contributed by atoms with E-state index in [1.165, 1.54) is 4.88 Å². The number of nitrogens with zero attached hydrogens (tertiary/aromatic N) is 1. The minimum atomic E-state index is -0.928. The van der Waals surface area contributed by atoms with Crippen LogP contribution in [0.5, 0.6) is 5.75 Å². The summed E-state index contributed by atoms with van der Waals surface area (Å²) in [6.07, 6.45) is 0.879. The van der Waals surface area contributed by atoms with Crippen LogP contribution >= 0.6 is 11.3 Å². The van der Waals surface area contributed by atoms with Gasteiger partial charge in [-0.1, -0.05) is 6.07 Å². The van der Waals surface area contributed by atoms with Gasteiger partial charge < -0.3 is 14.7 Å². The van der Waals surface area contributed by atoms with Gasteiger partial charge in [0.2, 0.25) is 0 Å². The highest BCUT2D eigenvalue weighted by Crippen LogP contribution is 2.28. The van der Waals surface area contributed by atoms with Crippen LogP contribution in [0, 0.1) is 0 Å². The highest BCUT2D eigenvalue weighted by atomic mass is 32.1. The number of carboxylic acids is 1. The topological polar surface area (TPSA) is 49.8 Å². The van der Waals surface area contributed by atoms with Gasteiger partial charge in [-0.15, -0.1) is 11.3 Å². The molecule has 1 unspecified atom stereocenters. The number of carbonyl (C=O) groups is 1. The second-order valence-electron chi connectivity index (χ2n) is 4.93. The van der Waals surface area contributed by atoms with E-state index in [0.717, 1.165) is 6.42 Å². The maximum atomic E-state index is 11.4. The lowest BCUT2D eigenvalue weighted by Gasteiger charge is -2.28. The number of aromatic carboxylic acids is 1. The second kappa shape index (κ2) is 6.63. The molecule has 0 aliphatic rings. The Morgan fingerprint density at radius 3 is 2.76 bits per heavy atom.